The van der Waals surface area contributed by atoms with E-state index in [2.05, 4.69) is 5.32 Å². The third-order valence-electron chi connectivity index (χ3n) is 5.24. The van der Waals surface area contributed by atoms with Crippen LogP contribution >= 0.6 is 0 Å². The molecule has 0 spiro atoms. The number of methoxy groups -OCH3 is 1. The highest BCUT2D eigenvalue weighted by atomic mass is 16.5. The van der Waals surface area contributed by atoms with Gasteiger partial charge >= 0.3 is 5.97 Å². The number of carbonyl (C=O) groups is 3. The SMILES string of the molecule is COc1ccc(C)cc1N1CC(C(=O)NC2(C(=O)O)CCOCC2)CC1=O. The Kier molecular flexibility index (Phi) is 5.36. The summed E-state index contributed by atoms with van der Waals surface area (Å²) in [6.45, 7) is 2.66. The van der Waals surface area contributed by atoms with E-state index in [0.29, 0.717) is 11.4 Å². The minimum Gasteiger partial charge on any atom is -0.495 e. The van der Waals surface area contributed by atoms with Crippen molar-refractivity contribution in [3.05, 3.63) is 23.8 Å². The van der Waals surface area contributed by atoms with Crippen molar-refractivity contribution in [2.45, 2.75) is 31.7 Å². The predicted octanol–water partition coefficient (Wildman–Crippen LogP) is 1.11. The van der Waals surface area contributed by atoms with Crippen LogP contribution in [0.5, 0.6) is 5.75 Å². The topological polar surface area (TPSA) is 105 Å². The van der Waals surface area contributed by atoms with Crippen LogP contribution in [0.2, 0.25) is 0 Å². The number of benzene rings is 1. The third kappa shape index (κ3) is 3.75. The lowest BCUT2D eigenvalue weighted by molar-refractivity contribution is -0.152. The molecular formula is C19H24N2O6. The number of carbonyl (C=O) groups excluding carboxylic acids is 2. The van der Waals surface area contributed by atoms with Crippen molar-refractivity contribution in [2.24, 2.45) is 5.92 Å². The first-order chi connectivity index (χ1) is 12.9. The van der Waals surface area contributed by atoms with Gasteiger partial charge in [-0.1, -0.05) is 6.07 Å². The lowest BCUT2D eigenvalue weighted by Crippen LogP contribution is -2.58. The molecule has 2 N–H and O–H groups in total. The molecule has 2 amide bonds. The molecule has 0 radical (unpaired) electrons. The normalized spacial score (nSPS) is 21.8. The highest BCUT2D eigenvalue weighted by molar-refractivity contribution is 6.02. The van der Waals surface area contributed by atoms with Crippen LogP contribution < -0.4 is 15.0 Å². The van der Waals surface area contributed by atoms with Gasteiger partial charge in [-0.15, -0.1) is 0 Å². The number of rotatable bonds is 5. The van der Waals surface area contributed by atoms with E-state index in [4.69, 9.17) is 9.47 Å². The summed E-state index contributed by atoms with van der Waals surface area (Å²) in [7, 11) is 1.53. The molecule has 1 aromatic rings. The van der Waals surface area contributed by atoms with Gasteiger partial charge in [-0.3, -0.25) is 9.59 Å². The number of carboxylic acids is 1. The maximum Gasteiger partial charge on any atom is 0.329 e. The Morgan fingerprint density at radius 3 is 2.67 bits per heavy atom. The molecule has 0 aromatic heterocycles. The number of nitrogens with zero attached hydrogens (tertiary/aromatic N) is 1. The van der Waals surface area contributed by atoms with Gasteiger partial charge in [0.05, 0.1) is 18.7 Å². The Labute approximate surface area is 157 Å². The fraction of sp³-hybridized carbons (Fsp3) is 0.526. The summed E-state index contributed by atoms with van der Waals surface area (Å²) in [6.07, 6.45) is 0.462. The summed E-state index contributed by atoms with van der Waals surface area (Å²) in [6, 6.07) is 5.51. The average Bonchev–Trinajstić information content (AvgIpc) is 3.04. The molecule has 27 heavy (non-hydrogen) atoms. The molecule has 8 heteroatoms. The van der Waals surface area contributed by atoms with E-state index >= 15 is 0 Å². The number of hydrogen-bond acceptors (Lipinski definition) is 5. The predicted molar refractivity (Wildman–Crippen MR) is 96.8 cm³/mol. The van der Waals surface area contributed by atoms with Gasteiger partial charge in [0.25, 0.3) is 0 Å². The number of hydrogen-bond donors (Lipinski definition) is 2. The van der Waals surface area contributed by atoms with Crippen LogP contribution in [0, 0.1) is 12.8 Å². The smallest absolute Gasteiger partial charge is 0.329 e. The van der Waals surface area contributed by atoms with Crippen LogP contribution in [-0.4, -0.2) is 55.3 Å². The summed E-state index contributed by atoms with van der Waals surface area (Å²) < 4.78 is 10.6. The summed E-state index contributed by atoms with van der Waals surface area (Å²) in [5.74, 6) is -1.72. The van der Waals surface area contributed by atoms with Crippen molar-refractivity contribution in [3.63, 3.8) is 0 Å². The molecule has 2 saturated heterocycles. The molecule has 8 nitrogen and oxygen atoms in total. The lowest BCUT2D eigenvalue weighted by Gasteiger charge is -2.34. The fourth-order valence-electron chi connectivity index (χ4n) is 3.58. The Hall–Kier alpha value is -2.61. The Morgan fingerprint density at radius 1 is 1.33 bits per heavy atom. The monoisotopic (exact) mass is 376 g/mol. The van der Waals surface area contributed by atoms with Gasteiger partial charge in [-0.2, -0.15) is 0 Å². The number of ether oxygens (including phenoxy) is 2. The largest absolute Gasteiger partial charge is 0.495 e. The molecule has 0 bridgehead atoms. The molecule has 0 saturated carbocycles. The van der Waals surface area contributed by atoms with Crippen LogP contribution in [-0.2, 0) is 19.1 Å². The van der Waals surface area contributed by atoms with Crippen LogP contribution in [0.25, 0.3) is 0 Å². The minimum atomic E-state index is -1.33. The quantitative estimate of drug-likeness (QED) is 0.798. The summed E-state index contributed by atoms with van der Waals surface area (Å²) in [5, 5.41) is 12.3. The first-order valence-corrected chi connectivity index (χ1v) is 8.94. The number of amides is 2. The van der Waals surface area contributed by atoms with E-state index in [1.807, 2.05) is 19.1 Å². The van der Waals surface area contributed by atoms with Crippen LogP contribution in [0.3, 0.4) is 0 Å². The highest BCUT2D eigenvalue weighted by Gasteiger charge is 2.45. The van der Waals surface area contributed by atoms with Crippen molar-refractivity contribution in [1.29, 1.82) is 0 Å². The van der Waals surface area contributed by atoms with Crippen molar-refractivity contribution < 1.29 is 29.0 Å². The fourth-order valence-corrected chi connectivity index (χ4v) is 3.58. The summed E-state index contributed by atoms with van der Waals surface area (Å²) in [4.78, 5) is 38.5. The van der Waals surface area contributed by atoms with Gasteiger partial charge in [0.2, 0.25) is 11.8 Å². The summed E-state index contributed by atoms with van der Waals surface area (Å²) in [5.41, 5.74) is 0.266. The van der Waals surface area contributed by atoms with Gasteiger partial charge in [-0.05, 0) is 24.6 Å². The van der Waals surface area contributed by atoms with E-state index in [1.54, 1.807) is 6.07 Å². The van der Waals surface area contributed by atoms with Gasteiger partial charge in [-0.25, -0.2) is 4.79 Å². The molecule has 2 aliphatic rings. The molecule has 1 unspecified atom stereocenters. The first-order valence-electron chi connectivity index (χ1n) is 8.94. The Bertz CT molecular complexity index is 757. The van der Waals surface area contributed by atoms with Crippen molar-refractivity contribution in [1.82, 2.24) is 5.32 Å². The van der Waals surface area contributed by atoms with Crippen molar-refractivity contribution >= 4 is 23.5 Å². The first kappa shape index (κ1) is 19.2. The molecule has 1 aromatic carbocycles. The van der Waals surface area contributed by atoms with Crippen molar-refractivity contribution in [2.75, 3.05) is 31.8 Å². The Morgan fingerprint density at radius 2 is 2.04 bits per heavy atom. The second kappa shape index (κ2) is 7.56. The van der Waals surface area contributed by atoms with Gasteiger partial charge in [0, 0.05) is 39.0 Å². The molecule has 3 rings (SSSR count). The molecular weight excluding hydrogens is 352 g/mol. The van der Waals surface area contributed by atoms with Gasteiger partial charge in [0.1, 0.15) is 11.3 Å². The highest BCUT2D eigenvalue weighted by Crippen LogP contribution is 2.34. The number of aryl methyl sites for hydroxylation is 1. The molecule has 2 heterocycles. The average molecular weight is 376 g/mol. The minimum absolute atomic E-state index is 0.0368. The van der Waals surface area contributed by atoms with Crippen LogP contribution in [0.15, 0.2) is 18.2 Å². The van der Waals surface area contributed by atoms with E-state index in [0.717, 1.165) is 5.56 Å². The molecule has 2 fully saturated rings. The number of anilines is 1. The van der Waals surface area contributed by atoms with E-state index in [-0.39, 0.29) is 44.9 Å². The maximum absolute atomic E-state index is 12.7. The number of aliphatic carboxylic acids is 1. The number of carboxylic acid groups (broad SMARTS) is 1. The zero-order valence-corrected chi connectivity index (χ0v) is 15.5. The molecule has 2 aliphatic heterocycles. The molecule has 146 valence electrons. The molecule has 0 aliphatic carbocycles. The molecule has 1 atom stereocenters. The zero-order chi connectivity index (χ0) is 19.6. The van der Waals surface area contributed by atoms with Gasteiger partial charge in [0.15, 0.2) is 0 Å². The lowest BCUT2D eigenvalue weighted by atomic mass is 9.89. The van der Waals surface area contributed by atoms with E-state index in [1.165, 1.54) is 12.0 Å². The maximum atomic E-state index is 12.7. The summed E-state index contributed by atoms with van der Waals surface area (Å²) >= 11 is 0. The van der Waals surface area contributed by atoms with Crippen molar-refractivity contribution in [3.8, 4) is 5.75 Å². The van der Waals surface area contributed by atoms with E-state index < -0.39 is 23.3 Å². The van der Waals surface area contributed by atoms with E-state index in [9.17, 15) is 19.5 Å². The standard InChI is InChI=1S/C19H24N2O6/c1-12-3-4-15(26-2)14(9-12)21-11-13(10-16(21)22)17(23)20-19(18(24)25)5-7-27-8-6-19/h3-4,9,13H,5-8,10-11H2,1-2H3,(H,20,23)(H,24,25). The van der Waals surface area contributed by atoms with Crippen LogP contribution in [0.4, 0.5) is 5.69 Å². The second-order valence-corrected chi connectivity index (χ2v) is 7.07. The van der Waals surface area contributed by atoms with Gasteiger partial charge < -0.3 is 24.8 Å². The van der Waals surface area contributed by atoms with Crippen LogP contribution in [0.1, 0.15) is 24.8 Å². The Balaban J connectivity index is 1.76. The second-order valence-electron chi connectivity index (χ2n) is 7.07. The third-order valence-corrected chi connectivity index (χ3v) is 5.24. The zero-order valence-electron chi connectivity index (χ0n) is 15.5. The number of nitrogens with one attached hydrogen (secondary N) is 1.